The predicted molar refractivity (Wildman–Crippen MR) is 59.6 cm³/mol. The van der Waals surface area contributed by atoms with Gasteiger partial charge in [0.05, 0.1) is 6.54 Å². The Kier molecular flexibility index (Phi) is 4.65. The van der Waals surface area contributed by atoms with Crippen molar-refractivity contribution < 1.29 is 22.8 Å². The van der Waals surface area contributed by atoms with Crippen LogP contribution < -0.4 is 10.6 Å². The Morgan fingerprint density at radius 3 is 2.50 bits per heavy atom. The van der Waals surface area contributed by atoms with Crippen molar-refractivity contribution in [2.45, 2.75) is 6.18 Å². The molecule has 0 atom stereocenters. The molecule has 0 bridgehead atoms. The lowest BCUT2D eigenvalue weighted by molar-refractivity contribution is -0.173. The number of halogens is 4. The SMILES string of the molecule is O=C(CNC(=O)C(F)(F)F)Nc1ccc(Br)cn1. The molecule has 1 rings (SSSR count). The van der Waals surface area contributed by atoms with E-state index in [4.69, 9.17) is 0 Å². The summed E-state index contributed by atoms with van der Waals surface area (Å²) in [6, 6.07) is 3.05. The van der Waals surface area contributed by atoms with Crippen molar-refractivity contribution in [3.8, 4) is 0 Å². The van der Waals surface area contributed by atoms with Crippen LogP contribution in [-0.4, -0.2) is 29.5 Å². The number of hydrogen-bond acceptors (Lipinski definition) is 3. The quantitative estimate of drug-likeness (QED) is 0.883. The largest absolute Gasteiger partial charge is 0.471 e. The Hall–Kier alpha value is -1.64. The van der Waals surface area contributed by atoms with Gasteiger partial charge in [-0.3, -0.25) is 9.59 Å². The van der Waals surface area contributed by atoms with Gasteiger partial charge in [-0.15, -0.1) is 0 Å². The van der Waals surface area contributed by atoms with Gasteiger partial charge in [-0.25, -0.2) is 4.98 Å². The molecule has 0 aromatic carbocycles. The van der Waals surface area contributed by atoms with Crippen LogP contribution in [0.25, 0.3) is 0 Å². The van der Waals surface area contributed by atoms with E-state index in [1.165, 1.54) is 17.6 Å². The average molecular weight is 326 g/mol. The van der Waals surface area contributed by atoms with Crippen LogP contribution in [0.1, 0.15) is 0 Å². The zero-order chi connectivity index (χ0) is 13.8. The first-order valence-corrected chi connectivity index (χ1v) is 5.35. The van der Waals surface area contributed by atoms with Gasteiger partial charge in [-0.05, 0) is 28.1 Å². The highest BCUT2D eigenvalue weighted by molar-refractivity contribution is 9.10. The number of rotatable bonds is 3. The van der Waals surface area contributed by atoms with Gasteiger partial charge in [0.25, 0.3) is 0 Å². The highest BCUT2D eigenvalue weighted by Crippen LogP contribution is 2.14. The summed E-state index contributed by atoms with van der Waals surface area (Å²) in [6.45, 7) is -0.782. The fraction of sp³-hybridized carbons (Fsp3) is 0.222. The van der Waals surface area contributed by atoms with E-state index < -0.39 is 24.5 Å². The Bertz CT molecular complexity index is 447. The molecule has 0 aliphatic rings. The number of hydrogen-bond donors (Lipinski definition) is 2. The second-order valence-corrected chi connectivity index (χ2v) is 4.01. The van der Waals surface area contributed by atoms with E-state index in [1.807, 2.05) is 0 Å². The van der Waals surface area contributed by atoms with Gasteiger partial charge in [0.15, 0.2) is 0 Å². The minimum Gasteiger partial charge on any atom is -0.339 e. The lowest BCUT2D eigenvalue weighted by Gasteiger charge is -2.08. The third-order valence-electron chi connectivity index (χ3n) is 1.66. The summed E-state index contributed by atoms with van der Waals surface area (Å²) in [7, 11) is 0. The zero-order valence-electron chi connectivity index (χ0n) is 8.71. The van der Waals surface area contributed by atoms with Crippen molar-refractivity contribution in [1.29, 1.82) is 0 Å². The van der Waals surface area contributed by atoms with Gasteiger partial charge in [-0.2, -0.15) is 13.2 Å². The van der Waals surface area contributed by atoms with Crippen molar-refractivity contribution in [2.75, 3.05) is 11.9 Å². The van der Waals surface area contributed by atoms with Gasteiger partial charge in [0.2, 0.25) is 5.91 Å². The average Bonchev–Trinajstić information content (AvgIpc) is 2.28. The first kappa shape index (κ1) is 14.4. The van der Waals surface area contributed by atoms with Gasteiger partial charge >= 0.3 is 12.1 Å². The van der Waals surface area contributed by atoms with E-state index in [9.17, 15) is 22.8 Å². The summed E-state index contributed by atoms with van der Waals surface area (Å²) >= 11 is 3.13. The van der Waals surface area contributed by atoms with Crippen LogP contribution in [0.4, 0.5) is 19.0 Å². The summed E-state index contributed by atoms with van der Waals surface area (Å²) in [5, 5.41) is 3.66. The Morgan fingerprint density at radius 2 is 2.00 bits per heavy atom. The molecule has 2 N–H and O–H groups in total. The number of nitrogens with one attached hydrogen (secondary N) is 2. The molecule has 0 radical (unpaired) electrons. The van der Waals surface area contributed by atoms with Gasteiger partial charge in [0.1, 0.15) is 5.82 Å². The molecular formula is C9H7BrF3N3O2. The molecule has 5 nitrogen and oxygen atoms in total. The van der Waals surface area contributed by atoms with Crippen LogP contribution in [0, 0.1) is 0 Å². The van der Waals surface area contributed by atoms with Crippen molar-refractivity contribution in [3.63, 3.8) is 0 Å². The summed E-state index contributed by atoms with van der Waals surface area (Å²) in [4.78, 5) is 25.4. The smallest absolute Gasteiger partial charge is 0.339 e. The number of nitrogens with zero attached hydrogens (tertiary/aromatic N) is 1. The van der Waals surface area contributed by atoms with Crippen LogP contribution in [0.2, 0.25) is 0 Å². The Balaban J connectivity index is 2.43. The van der Waals surface area contributed by atoms with Gasteiger partial charge < -0.3 is 10.6 Å². The number of carbonyl (C=O) groups is 2. The number of pyridine rings is 1. The second kappa shape index (κ2) is 5.80. The third-order valence-corrected chi connectivity index (χ3v) is 2.13. The van der Waals surface area contributed by atoms with Crippen molar-refractivity contribution in [2.24, 2.45) is 0 Å². The van der Waals surface area contributed by atoms with E-state index >= 15 is 0 Å². The number of aromatic nitrogens is 1. The number of anilines is 1. The van der Waals surface area contributed by atoms with Crippen LogP contribution >= 0.6 is 15.9 Å². The maximum atomic E-state index is 11.8. The monoisotopic (exact) mass is 325 g/mol. The Morgan fingerprint density at radius 1 is 1.33 bits per heavy atom. The molecule has 0 aliphatic heterocycles. The highest BCUT2D eigenvalue weighted by Gasteiger charge is 2.38. The first-order valence-electron chi connectivity index (χ1n) is 4.55. The molecule has 1 aromatic heterocycles. The van der Waals surface area contributed by atoms with E-state index in [1.54, 1.807) is 6.07 Å². The summed E-state index contributed by atoms with van der Waals surface area (Å²) in [5.41, 5.74) is 0. The van der Waals surface area contributed by atoms with E-state index in [0.717, 1.165) is 0 Å². The van der Waals surface area contributed by atoms with Crippen LogP contribution in [-0.2, 0) is 9.59 Å². The van der Waals surface area contributed by atoms with Gasteiger partial charge in [0, 0.05) is 10.7 Å². The molecule has 0 saturated heterocycles. The molecule has 0 saturated carbocycles. The van der Waals surface area contributed by atoms with Crippen molar-refractivity contribution >= 4 is 33.6 Å². The lowest BCUT2D eigenvalue weighted by Crippen LogP contribution is -2.41. The van der Waals surface area contributed by atoms with Crippen molar-refractivity contribution in [3.05, 3.63) is 22.8 Å². The molecule has 98 valence electrons. The van der Waals surface area contributed by atoms with E-state index in [0.29, 0.717) is 4.47 Å². The van der Waals surface area contributed by atoms with Crippen LogP contribution in [0.3, 0.4) is 0 Å². The van der Waals surface area contributed by atoms with Crippen LogP contribution in [0.15, 0.2) is 22.8 Å². The maximum Gasteiger partial charge on any atom is 0.471 e. The van der Waals surface area contributed by atoms with E-state index in [2.05, 4.69) is 26.2 Å². The van der Waals surface area contributed by atoms with Crippen molar-refractivity contribution in [1.82, 2.24) is 10.3 Å². The predicted octanol–water partition coefficient (Wildman–Crippen LogP) is 1.46. The summed E-state index contributed by atoms with van der Waals surface area (Å²) in [6.07, 6.45) is -3.60. The molecule has 1 aromatic rings. The highest BCUT2D eigenvalue weighted by atomic mass is 79.9. The number of alkyl halides is 3. The Labute approximate surface area is 108 Å². The topological polar surface area (TPSA) is 71.1 Å². The summed E-state index contributed by atoms with van der Waals surface area (Å²) in [5.74, 6) is -2.80. The van der Waals surface area contributed by atoms with Gasteiger partial charge in [-0.1, -0.05) is 0 Å². The second-order valence-electron chi connectivity index (χ2n) is 3.09. The fourth-order valence-corrected chi connectivity index (χ4v) is 1.13. The molecule has 0 fully saturated rings. The molecule has 1 heterocycles. The summed E-state index contributed by atoms with van der Waals surface area (Å²) < 4.78 is 36.1. The molecule has 18 heavy (non-hydrogen) atoms. The van der Waals surface area contributed by atoms with Crippen LogP contribution in [0.5, 0.6) is 0 Å². The number of amides is 2. The molecule has 0 spiro atoms. The third kappa shape index (κ3) is 4.70. The molecule has 2 amide bonds. The minimum absolute atomic E-state index is 0.171. The van der Waals surface area contributed by atoms with E-state index in [-0.39, 0.29) is 5.82 Å². The standard InChI is InChI=1S/C9H7BrF3N3O2/c10-5-1-2-6(14-3-5)16-7(17)4-15-8(18)9(11,12)13/h1-3H,4H2,(H,15,18)(H,14,16,17). The molecule has 9 heteroatoms. The molecule has 0 aliphatic carbocycles. The first-order chi connectivity index (χ1) is 8.29. The maximum absolute atomic E-state index is 11.8. The normalized spacial score (nSPS) is 10.9. The lowest BCUT2D eigenvalue weighted by atomic mass is 10.4. The number of carbonyl (C=O) groups excluding carboxylic acids is 2. The fourth-order valence-electron chi connectivity index (χ4n) is 0.898. The minimum atomic E-state index is -5.00. The molecule has 0 unspecified atom stereocenters. The molecular weight excluding hydrogens is 319 g/mol. The zero-order valence-corrected chi connectivity index (χ0v) is 10.3.